The van der Waals surface area contributed by atoms with Gasteiger partial charge in [-0.05, 0) is 37.0 Å². The second kappa shape index (κ2) is 6.51. The van der Waals surface area contributed by atoms with Gasteiger partial charge in [0.05, 0.1) is 11.3 Å². The minimum absolute atomic E-state index is 0.0456. The molecule has 1 saturated heterocycles. The Hall–Kier alpha value is -2.57. The van der Waals surface area contributed by atoms with Gasteiger partial charge in [-0.2, -0.15) is 0 Å². The van der Waals surface area contributed by atoms with E-state index < -0.39 is 5.97 Å². The number of hydrogen-bond acceptors (Lipinski definition) is 4. The van der Waals surface area contributed by atoms with Crippen molar-refractivity contribution in [1.29, 1.82) is 0 Å². The SMILES string of the molecule is CC1CCN(C(=O)CN2C(=O)COc3cc(C(=O)O)ccc32)CC1. The number of hydrogen-bond donors (Lipinski definition) is 1. The first-order valence-corrected chi connectivity index (χ1v) is 8.04. The van der Waals surface area contributed by atoms with Gasteiger partial charge >= 0.3 is 5.97 Å². The zero-order chi connectivity index (χ0) is 17.3. The van der Waals surface area contributed by atoms with Crippen LogP contribution in [0.2, 0.25) is 0 Å². The number of fused-ring (bicyclic) bond motifs is 1. The van der Waals surface area contributed by atoms with E-state index in [1.807, 2.05) is 0 Å². The normalized spacial score (nSPS) is 18.1. The Labute approximate surface area is 139 Å². The summed E-state index contributed by atoms with van der Waals surface area (Å²) in [6.07, 6.45) is 1.95. The van der Waals surface area contributed by atoms with E-state index in [4.69, 9.17) is 9.84 Å². The molecule has 2 amide bonds. The van der Waals surface area contributed by atoms with E-state index in [9.17, 15) is 14.4 Å². The first-order chi connectivity index (χ1) is 11.5. The molecule has 2 aliphatic rings. The van der Waals surface area contributed by atoms with Crippen molar-refractivity contribution in [2.24, 2.45) is 5.92 Å². The number of benzene rings is 1. The predicted octanol–water partition coefficient (Wildman–Crippen LogP) is 1.37. The summed E-state index contributed by atoms with van der Waals surface area (Å²) >= 11 is 0. The van der Waals surface area contributed by atoms with Gasteiger partial charge in [0.15, 0.2) is 6.61 Å². The van der Waals surface area contributed by atoms with Gasteiger partial charge in [-0.3, -0.25) is 14.5 Å². The van der Waals surface area contributed by atoms with Crippen molar-refractivity contribution in [3.05, 3.63) is 23.8 Å². The zero-order valence-corrected chi connectivity index (χ0v) is 13.5. The molecular formula is C17H20N2O5. The molecule has 0 aliphatic carbocycles. The Morgan fingerprint density at radius 2 is 2.00 bits per heavy atom. The summed E-state index contributed by atoms with van der Waals surface area (Å²) in [4.78, 5) is 38.9. The highest BCUT2D eigenvalue weighted by Crippen LogP contribution is 2.33. The van der Waals surface area contributed by atoms with Crippen LogP contribution in [0.15, 0.2) is 18.2 Å². The lowest BCUT2D eigenvalue weighted by atomic mass is 9.99. The van der Waals surface area contributed by atoms with Crippen LogP contribution < -0.4 is 9.64 Å². The fraction of sp³-hybridized carbons (Fsp3) is 0.471. The minimum Gasteiger partial charge on any atom is -0.482 e. The summed E-state index contributed by atoms with van der Waals surface area (Å²) in [6, 6.07) is 4.30. The molecule has 1 fully saturated rings. The van der Waals surface area contributed by atoms with Crippen molar-refractivity contribution in [1.82, 2.24) is 4.90 Å². The number of amides is 2. The standard InChI is InChI=1S/C17H20N2O5/c1-11-4-6-18(7-5-11)15(20)9-19-13-3-2-12(17(22)23)8-14(13)24-10-16(19)21/h2-3,8,11H,4-7,9-10H2,1H3,(H,22,23). The fourth-order valence-corrected chi connectivity index (χ4v) is 3.00. The molecule has 0 radical (unpaired) electrons. The van der Waals surface area contributed by atoms with Crippen molar-refractivity contribution in [3.8, 4) is 5.75 Å². The second-order valence-electron chi connectivity index (χ2n) is 6.32. The average molecular weight is 332 g/mol. The van der Waals surface area contributed by atoms with Crippen molar-refractivity contribution >= 4 is 23.5 Å². The van der Waals surface area contributed by atoms with Crippen LogP contribution in [-0.4, -0.2) is 54.0 Å². The zero-order valence-electron chi connectivity index (χ0n) is 13.5. The van der Waals surface area contributed by atoms with E-state index in [-0.39, 0.29) is 30.5 Å². The van der Waals surface area contributed by atoms with E-state index in [2.05, 4.69) is 6.92 Å². The van der Waals surface area contributed by atoms with E-state index in [1.165, 1.54) is 23.1 Å². The highest BCUT2D eigenvalue weighted by Gasteiger charge is 2.30. The molecule has 128 valence electrons. The van der Waals surface area contributed by atoms with Gasteiger partial charge in [-0.1, -0.05) is 6.92 Å². The molecule has 0 saturated carbocycles. The van der Waals surface area contributed by atoms with E-state index in [0.717, 1.165) is 12.8 Å². The monoisotopic (exact) mass is 332 g/mol. The molecule has 0 spiro atoms. The van der Waals surface area contributed by atoms with Gasteiger partial charge in [-0.15, -0.1) is 0 Å². The Balaban J connectivity index is 1.77. The molecule has 7 heteroatoms. The van der Waals surface area contributed by atoms with Gasteiger partial charge in [0.2, 0.25) is 5.91 Å². The maximum atomic E-state index is 12.5. The predicted molar refractivity (Wildman–Crippen MR) is 86.2 cm³/mol. The van der Waals surface area contributed by atoms with Crippen LogP contribution in [0.5, 0.6) is 5.75 Å². The molecule has 0 atom stereocenters. The lowest BCUT2D eigenvalue weighted by Gasteiger charge is -2.34. The maximum Gasteiger partial charge on any atom is 0.335 e. The number of anilines is 1. The lowest BCUT2D eigenvalue weighted by molar-refractivity contribution is -0.133. The Morgan fingerprint density at radius 1 is 1.29 bits per heavy atom. The molecule has 7 nitrogen and oxygen atoms in total. The Kier molecular flexibility index (Phi) is 4.42. The van der Waals surface area contributed by atoms with Gasteiger partial charge in [0.1, 0.15) is 12.3 Å². The highest BCUT2D eigenvalue weighted by atomic mass is 16.5. The van der Waals surface area contributed by atoms with Crippen molar-refractivity contribution in [2.45, 2.75) is 19.8 Å². The van der Waals surface area contributed by atoms with Gasteiger partial charge < -0.3 is 14.7 Å². The number of carbonyl (C=O) groups is 3. The first kappa shape index (κ1) is 16.3. The maximum absolute atomic E-state index is 12.5. The third-order valence-corrected chi connectivity index (χ3v) is 4.58. The summed E-state index contributed by atoms with van der Waals surface area (Å²) in [6.45, 7) is 3.35. The van der Waals surface area contributed by atoms with E-state index >= 15 is 0 Å². The molecule has 2 aliphatic heterocycles. The number of ether oxygens (including phenoxy) is 1. The topological polar surface area (TPSA) is 87.2 Å². The van der Waals surface area contributed by atoms with Gasteiger partial charge in [0.25, 0.3) is 5.91 Å². The van der Waals surface area contributed by atoms with Crippen LogP contribution in [0.1, 0.15) is 30.1 Å². The lowest BCUT2D eigenvalue weighted by Crippen LogP contribution is -2.48. The fourth-order valence-electron chi connectivity index (χ4n) is 3.00. The largest absolute Gasteiger partial charge is 0.482 e. The minimum atomic E-state index is -1.07. The van der Waals surface area contributed by atoms with Gasteiger partial charge in [-0.25, -0.2) is 4.79 Å². The molecule has 24 heavy (non-hydrogen) atoms. The number of carboxylic acid groups (broad SMARTS) is 1. The highest BCUT2D eigenvalue weighted by molar-refractivity contribution is 6.03. The molecule has 0 unspecified atom stereocenters. The molecular weight excluding hydrogens is 312 g/mol. The number of carbonyl (C=O) groups excluding carboxylic acids is 2. The van der Waals surface area contributed by atoms with Crippen LogP contribution in [0.4, 0.5) is 5.69 Å². The number of nitrogens with zero attached hydrogens (tertiary/aromatic N) is 2. The van der Waals surface area contributed by atoms with Crippen LogP contribution in [0, 0.1) is 5.92 Å². The van der Waals surface area contributed by atoms with Crippen LogP contribution in [0.3, 0.4) is 0 Å². The third-order valence-electron chi connectivity index (χ3n) is 4.58. The second-order valence-corrected chi connectivity index (χ2v) is 6.32. The Bertz CT molecular complexity index is 680. The summed E-state index contributed by atoms with van der Waals surface area (Å²) < 4.78 is 5.32. The number of likely N-dealkylation sites (tertiary alicyclic amines) is 1. The first-order valence-electron chi connectivity index (χ1n) is 8.04. The van der Waals surface area contributed by atoms with Crippen molar-refractivity contribution < 1.29 is 24.2 Å². The molecule has 1 aromatic rings. The number of piperidine rings is 1. The summed E-state index contributed by atoms with van der Waals surface area (Å²) in [5, 5.41) is 9.04. The number of rotatable bonds is 3. The van der Waals surface area contributed by atoms with Crippen LogP contribution in [0.25, 0.3) is 0 Å². The summed E-state index contributed by atoms with van der Waals surface area (Å²) in [7, 11) is 0. The molecule has 0 bridgehead atoms. The summed E-state index contributed by atoms with van der Waals surface area (Å²) in [5.41, 5.74) is 0.523. The third kappa shape index (κ3) is 3.20. The van der Waals surface area contributed by atoms with E-state index in [0.29, 0.717) is 30.4 Å². The van der Waals surface area contributed by atoms with Crippen LogP contribution >= 0.6 is 0 Å². The van der Waals surface area contributed by atoms with Crippen molar-refractivity contribution in [2.75, 3.05) is 31.1 Å². The number of aromatic carboxylic acids is 1. The smallest absolute Gasteiger partial charge is 0.335 e. The van der Waals surface area contributed by atoms with E-state index in [1.54, 1.807) is 4.90 Å². The summed E-state index contributed by atoms with van der Waals surface area (Å²) in [5.74, 6) is -0.526. The van der Waals surface area contributed by atoms with Crippen LogP contribution in [-0.2, 0) is 9.59 Å². The average Bonchev–Trinajstić information content (AvgIpc) is 2.57. The van der Waals surface area contributed by atoms with Crippen molar-refractivity contribution in [3.63, 3.8) is 0 Å². The quantitative estimate of drug-likeness (QED) is 0.903. The number of carboxylic acids is 1. The molecule has 0 aromatic heterocycles. The van der Waals surface area contributed by atoms with Gasteiger partial charge in [0, 0.05) is 13.1 Å². The molecule has 1 N–H and O–H groups in total. The molecule has 2 heterocycles. The molecule has 3 rings (SSSR count). The molecule has 1 aromatic carbocycles. The Morgan fingerprint density at radius 3 is 2.67 bits per heavy atom.